The van der Waals surface area contributed by atoms with Gasteiger partial charge >= 0.3 is 0 Å². The van der Waals surface area contributed by atoms with Crippen LogP contribution in [-0.4, -0.2) is 52.7 Å². The summed E-state index contributed by atoms with van der Waals surface area (Å²) in [6.45, 7) is 9.23. The first-order valence-corrected chi connectivity index (χ1v) is 9.70. The molecule has 1 atom stereocenters. The molecule has 4 rings (SSSR count). The van der Waals surface area contributed by atoms with Crippen LogP contribution in [0.3, 0.4) is 0 Å². The van der Waals surface area contributed by atoms with Gasteiger partial charge in [-0.1, -0.05) is 37.2 Å². The third kappa shape index (κ3) is 3.62. The molecule has 0 bridgehead atoms. The van der Waals surface area contributed by atoms with E-state index in [4.69, 9.17) is 4.52 Å². The lowest BCUT2D eigenvalue weighted by Crippen LogP contribution is -2.34. The lowest BCUT2D eigenvalue weighted by Gasteiger charge is -2.23. The normalized spacial score (nSPS) is 20.1. The summed E-state index contributed by atoms with van der Waals surface area (Å²) in [7, 11) is 2.17. The minimum absolute atomic E-state index is 0.282. The molecule has 0 aliphatic carbocycles. The van der Waals surface area contributed by atoms with Crippen molar-refractivity contribution in [2.75, 3.05) is 32.0 Å². The summed E-state index contributed by atoms with van der Waals surface area (Å²) in [4.78, 5) is 9.43. The Morgan fingerprint density at radius 1 is 1.38 bits per heavy atom. The molecule has 2 aromatic rings. The van der Waals surface area contributed by atoms with Gasteiger partial charge in [0.2, 0.25) is 5.89 Å². The molecule has 26 heavy (non-hydrogen) atoms. The van der Waals surface area contributed by atoms with Crippen molar-refractivity contribution in [2.45, 2.75) is 51.7 Å². The summed E-state index contributed by atoms with van der Waals surface area (Å²) in [5.74, 6) is 1.80. The van der Waals surface area contributed by atoms with Crippen LogP contribution in [0.15, 0.2) is 22.7 Å². The van der Waals surface area contributed by atoms with Crippen LogP contribution < -0.4 is 5.32 Å². The van der Waals surface area contributed by atoms with E-state index in [-0.39, 0.29) is 5.92 Å². The number of nitrogens with zero attached hydrogens (tertiary/aromatic N) is 4. The molecule has 140 valence electrons. The molecule has 0 saturated carbocycles. The number of fused-ring (bicyclic) bond motifs is 1. The lowest BCUT2D eigenvalue weighted by molar-refractivity contribution is 0.216. The predicted molar refractivity (Wildman–Crippen MR) is 102 cm³/mol. The summed E-state index contributed by atoms with van der Waals surface area (Å²) in [5, 5.41) is 7.68. The summed E-state index contributed by atoms with van der Waals surface area (Å²) >= 11 is 0. The van der Waals surface area contributed by atoms with E-state index >= 15 is 0 Å². The van der Waals surface area contributed by atoms with E-state index in [1.54, 1.807) is 0 Å². The number of aromatic nitrogens is 2. The molecular formula is C20H29N5O. The molecule has 1 unspecified atom stereocenters. The van der Waals surface area contributed by atoms with E-state index in [0.717, 1.165) is 50.9 Å². The number of rotatable bonds is 6. The molecule has 6 heteroatoms. The van der Waals surface area contributed by atoms with Crippen LogP contribution in [0.5, 0.6) is 0 Å². The van der Waals surface area contributed by atoms with Crippen LogP contribution in [-0.2, 0) is 19.5 Å². The van der Waals surface area contributed by atoms with E-state index in [1.807, 2.05) is 0 Å². The van der Waals surface area contributed by atoms with Crippen molar-refractivity contribution in [2.24, 2.45) is 0 Å². The average molecular weight is 355 g/mol. The maximum absolute atomic E-state index is 5.33. The van der Waals surface area contributed by atoms with Gasteiger partial charge in [-0.3, -0.25) is 9.80 Å². The predicted octanol–water partition coefficient (Wildman–Crippen LogP) is 2.87. The van der Waals surface area contributed by atoms with Crippen molar-refractivity contribution in [3.8, 4) is 0 Å². The molecule has 2 aliphatic heterocycles. The Morgan fingerprint density at radius 2 is 2.27 bits per heavy atom. The number of likely N-dealkylation sites (tertiary alicyclic amines) is 1. The Balaban J connectivity index is 1.34. The van der Waals surface area contributed by atoms with Crippen LogP contribution in [0.4, 0.5) is 5.69 Å². The maximum Gasteiger partial charge on any atom is 0.229 e. The van der Waals surface area contributed by atoms with Crippen molar-refractivity contribution < 1.29 is 4.52 Å². The Bertz CT molecular complexity index is 756. The molecule has 1 aromatic carbocycles. The number of benzene rings is 1. The molecule has 0 radical (unpaired) electrons. The van der Waals surface area contributed by atoms with Gasteiger partial charge in [-0.25, -0.2) is 0 Å². The van der Waals surface area contributed by atoms with Gasteiger partial charge in [0.25, 0.3) is 0 Å². The highest BCUT2D eigenvalue weighted by molar-refractivity contribution is 5.61. The number of para-hydroxylation sites is 1. The molecule has 2 aliphatic rings. The summed E-state index contributed by atoms with van der Waals surface area (Å²) in [5.41, 5.74) is 4.27. The Kier molecular flexibility index (Phi) is 4.96. The van der Waals surface area contributed by atoms with Crippen LogP contribution in [0.25, 0.3) is 0 Å². The SMILES string of the molecule is CC(C)c1nc(CN(C)C2CCN(Cc3cccc4c3NCC4)C2)no1. The van der Waals surface area contributed by atoms with E-state index in [9.17, 15) is 0 Å². The third-order valence-electron chi connectivity index (χ3n) is 5.57. The second-order valence-corrected chi connectivity index (χ2v) is 7.92. The highest BCUT2D eigenvalue weighted by Crippen LogP contribution is 2.28. The van der Waals surface area contributed by atoms with E-state index in [1.165, 1.54) is 23.2 Å². The molecule has 1 aromatic heterocycles. The first kappa shape index (κ1) is 17.5. The zero-order valence-electron chi connectivity index (χ0n) is 16.0. The number of likely N-dealkylation sites (N-methyl/N-ethyl adjacent to an activating group) is 1. The van der Waals surface area contributed by atoms with Gasteiger partial charge in [0.1, 0.15) is 0 Å². The van der Waals surface area contributed by atoms with Crippen molar-refractivity contribution in [1.82, 2.24) is 19.9 Å². The van der Waals surface area contributed by atoms with Gasteiger partial charge in [0, 0.05) is 43.8 Å². The fourth-order valence-corrected chi connectivity index (χ4v) is 4.02. The molecule has 3 heterocycles. The highest BCUT2D eigenvalue weighted by Gasteiger charge is 2.27. The summed E-state index contributed by atoms with van der Waals surface area (Å²) in [6, 6.07) is 7.25. The van der Waals surface area contributed by atoms with Gasteiger partial charge in [-0.15, -0.1) is 0 Å². The first-order valence-electron chi connectivity index (χ1n) is 9.70. The maximum atomic E-state index is 5.33. The molecular weight excluding hydrogens is 326 g/mol. The number of anilines is 1. The van der Waals surface area contributed by atoms with E-state index in [2.05, 4.69) is 64.4 Å². The van der Waals surface area contributed by atoms with Gasteiger partial charge in [0.05, 0.1) is 6.54 Å². The monoisotopic (exact) mass is 355 g/mol. The summed E-state index contributed by atoms with van der Waals surface area (Å²) < 4.78 is 5.33. The van der Waals surface area contributed by atoms with E-state index < -0.39 is 0 Å². The summed E-state index contributed by atoms with van der Waals surface area (Å²) in [6.07, 6.45) is 2.34. The Labute approximate surface area is 155 Å². The van der Waals surface area contributed by atoms with Crippen molar-refractivity contribution in [3.05, 3.63) is 41.0 Å². The molecule has 0 amide bonds. The Hall–Kier alpha value is -1.92. The van der Waals surface area contributed by atoms with Crippen LogP contribution in [0.1, 0.15) is 49.0 Å². The van der Waals surface area contributed by atoms with Gasteiger partial charge in [-0.05, 0) is 31.0 Å². The molecule has 1 saturated heterocycles. The smallest absolute Gasteiger partial charge is 0.229 e. The van der Waals surface area contributed by atoms with Crippen LogP contribution in [0.2, 0.25) is 0 Å². The standard InChI is InChI=1S/C20H29N5O/c1-14(2)20-22-18(23-26-20)13-24(3)17-8-10-25(12-17)11-16-6-4-5-15-7-9-21-19(15)16/h4-6,14,17,21H,7-13H2,1-3H3. The minimum Gasteiger partial charge on any atom is -0.384 e. The Morgan fingerprint density at radius 3 is 3.08 bits per heavy atom. The quantitative estimate of drug-likeness (QED) is 0.860. The molecule has 1 N–H and O–H groups in total. The topological polar surface area (TPSA) is 57.4 Å². The van der Waals surface area contributed by atoms with Crippen molar-refractivity contribution >= 4 is 5.69 Å². The van der Waals surface area contributed by atoms with Gasteiger partial charge < -0.3 is 9.84 Å². The molecule has 0 spiro atoms. The van der Waals surface area contributed by atoms with Crippen molar-refractivity contribution in [1.29, 1.82) is 0 Å². The number of hydrogen-bond donors (Lipinski definition) is 1. The van der Waals surface area contributed by atoms with Crippen LogP contribution in [0, 0.1) is 0 Å². The zero-order valence-corrected chi connectivity index (χ0v) is 16.0. The largest absolute Gasteiger partial charge is 0.384 e. The fourth-order valence-electron chi connectivity index (χ4n) is 4.02. The fraction of sp³-hybridized carbons (Fsp3) is 0.600. The van der Waals surface area contributed by atoms with E-state index in [0.29, 0.717) is 6.04 Å². The zero-order chi connectivity index (χ0) is 18.1. The lowest BCUT2D eigenvalue weighted by atomic mass is 10.1. The van der Waals surface area contributed by atoms with Crippen molar-refractivity contribution in [3.63, 3.8) is 0 Å². The third-order valence-corrected chi connectivity index (χ3v) is 5.57. The second kappa shape index (κ2) is 7.37. The van der Waals surface area contributed by atoms with Gasteiger partial charge in [-0.2, -0.15) is 4.98 Å². The second-order valence-electron chi connectivity index (χ2n) is 7.92. The minimum atomic E-state index is 0.282. The van der Waals surface area contributed by atoms with Crippen LogP contribution >= 0.6 is 0 Å². The molecule has 1 fully saturated rings. The number of nitrogens with one attached hydrogen (secondary N) is 1. The molecule has 6 nitrogen and oxygen atoms in total. The average Bonchev–Trinajstić information content (AvgIpc) is 3.35. The van der Waals surface area contributed by atoms with Gasteiger partial charge in [0.15, 0.2) is 5.82 Å². The first-order chi connectivity index (χ1) is 12.6. The highest BCUT2D eigenvalue weighted by atomic mass is 16.5. The number of hydrogen-bond acceptors (Lipinski definition) is 6.